The summed E-state index contributed by atoms with van der Waals surface area (Å²) < 4.78 is 4.11. The number of carbonyl (C=O) groups excluding carboxylic acids is 1. The minimum Gasteiger partial charge on any atom is -0.469 e. The summed E-state index contributed by atoms with van der Waals surface area (Å²) in [6, 6.07) is 0.780. The largest absolute Gasteiger partial charge is 0.469 e. The molecule has 1 unspecified atom stereocenters. The van der Waals surface area contributed by atoms with E-state index in [1.807, 2.05) is 0 Å². The van der Waals surface area contributed by atoms with Crippen LogP contribution >= 0.6 is 0 Å². The van der Waals surface area contributed by atoms with Crippen molar-refractivity contribution in [2.24, 2.45) is 11.8 Å². The van der Waals surface area contributed by atoms with Crippen molar-refractivity contribution in [1.82, 2.24) is 4.90 Å². The van der Waals surface area contributed by atoms with Crippen LogP contribution in [0.15, 0.2) is 0 Å². The van der Waals surface area contributed by atoms with Gasteiger partial charge in [-0.25, -0.2) is 0 Å². The molecule has 0 aromatic carbocycles. The van der Waals surface area contributed by atoms with Crippen LogP contribution in [0.1, 0.15) is 46.0 Å². The molecular weight excluding hydrogens is 242 g/mol. The Kier molecular flexibility index (Phi) is 7.39. The Morgan fingerprint density at radius 2 is 1.84 bits per heavy atom. The Bertz CT molecular complexity index is 264. The van der Waals surface area contributed by atoms with Gasteiger partial charge in [-0.05, 0) is 50.6 Å². The van der Waals surface area contributed by atoms with Gasteiger partial charge in [0.25, 0.3) is 0 Å². The van der Waals surface area contributed by atoms with Crippen LogP contribution in [-0.4, -0.2) is 48.8 Å². The number of carbonyl (C=O) groups is 1. The lowest BCUT2D eigenvalue weighted by molar-refractivity contribution is -0.137. The van der Waals surface area contributed by atoms with Gasteiger partial charge < -0.3 is 14.7 Å². The van der Waals surface area contributed by atoms with Gasteiger partial charge >= 0.3 is 5.97 Å². The van der Waals surface area contributed by atoms with Crippen molar-refractivity contribution in [3.05, 3.63) is 0 Å². The molecule has 1 N–H and O–H groups in total. The molecule has 1 aliphatic heterocycles. The zero-order valence-electron chi connectivity index (χ0n) is 12.6. The molecule has 1 aliphatic carbocycles. The zero-order valence-corrected chi connectivity index (χ0v) is 12.6. The van der Waals surface area contributed by atoms with Crippen molar-refractivity contribution in [2.75, 3.05) is 26.8 Å². The summed E-state index contributed by atoms with van der Waals surface area (Å²) in [5.41, 5.74) is 0. The lowest BCUT2D eigenvalue weighted by Gasteiger charge is -2.32. The number of aliphatic hydroxyl groups is 1. The summed E-state index contributed by atoms with van der Waals surface area (Å²) in [7, 11) is 1.35. The van der Waals surface area contributed by atoms with Crippen molar-refractivity contribution in [3.8, 4) is 0 Å². The van der Waals surface area contributed by atoms with Crippen molar-refractivity contribution in [2.45, 2.75) is 52.0 Å². The second-order valence-electron chi connectivity index (χ2n) is 5.84. The number of ether oxygens (including phenoxy) is 1. The number of hydrogen-bond acceptors (Lipinski definition) is 4. The van der Waals surface area contributed by atoms with E-state index in [4.69, 9.17) is 0 Å². The topological polar surface area (TPSA) is 49.8 Å². The Labute approximate surface area is 117 Å². The third-order valence-electron chi connectivity index (χ3n) is 4.45. The van der Waals surface area contributed by atoms with Crippen LogP contribution in [0, 0.1) is 11.8 Å². The summed E-state index contributed by atoms with van der Waals surface area (Å²) in [6.45, 7) is 6.65. The Hall–Kier alpha value is -0.610. The van der Waals surface area contributed by atoms with Crippen molar-refractivity contribution < 1.29 is 14.6 Å². The highest BCUT2D eigenvalue weighted by atomic mass is 16.5. The Morgan fingerprint density at radius 3 is 2.26 bits per heavy atom. The number of likely N-dealkylation sites (tertiary alicyclic amines) is 1. The monoisotopic (exact) mass is 271 g/mol. The summed E-state index contributed by atoms with van der Waals surface area (Å²) in [5.74, 6) is 1.05. The number of nitrogens with zero attached hydrogens (tertiary/aromatic N) is 1. The van der Waals surface area contributed by atoms with E-state index in [1.165, 1.54) is 59.2 Å². The lowest BCUT2D eigenvalue weighted by Crippen LogP contribution is -2.37. The molecule has 2 aliphatic rings. The van der Waals surface area contributed by atoms with Gasteiger partial charge in [0.05, 0.1) is 7.11 Å². The number of aliphatic hydroxyl groups excluding tert-OH is 1. The molecule has 19 heavy (non-hydrogen) atoms. The van der Waals surface area contributed by atoms with Gasteiger partial charge in [0.15, 0.2) is 0 Å². The van der Waals surface area contributed by atoms with E-state index >= 15 is 0 Å². The first-order valence-electron chi connectivity index (χ1n) is 7.48. The first-order chi connectivity index (χ1) is 9.08. The maximum absolute atomic E-state index is 9.59. The molecule has 112 valence electrons. The van der Waals surface area contributed by atoms with Crippen LogP contribution in [0.4, 0.5) is 0 Å². The maximum Gasteiger partial charge on any atom is 0.302 e. The van der Waals surface area contributed by atoms with Crippen molar-refractivity contribution in [1.29, 1.82) is 0 Å². The Morgan fingerprint density at radius 1 is 1.26 bits per heavy atom. The molecule has 0 radical (unpaired) electrons. The van der Waals surface area contributed by atoms with Gasteiger partial charge in [-0.2, -0.15) is 0 Å². The molecule has 0 bridgehead atoms. The minimum absolute atomic E-state index is 0.245. The number of rotatable bonds is 2. The van der Waals surface area contributed by atoms with E-state index in [0.717, 1.165) is 12.0 Å². The molecule has 3 atom stereocenters. The summed E-state index contributed by atoms with van der Waals surface area (Å²) in [4.78, 5) is 12.3. The predicted molar refractivity (Wildman–Crippen MR) is 75.9 cm³/mol. The molecule has 4 heteroatoms. The van der Waals surface area contributed by atoms with Gasteiger partial charge in [-0.3, -0.25) is 4.79 Å². The smallest absolute Gasteiger partial charge is 0.302 e. The van der Waals surface area contributed by atoms with Crippen LogP contribution in [0.25, 0.3) is 0 Å². The van der Waals surface area contributed by atoms with Crippen molar-refractivity contribution in [3.63, 3.8) is 0 Å². The average molecular weight is 271 g/mol. The van der Waals surface area contributed by atoms with Crippen LogP contribution in [0.3, 0.4) is 0 Å². The van der Waals surface area contributed by atoms with Gasteiger partial charge in [0.2, 0.25) is 0 Å². The SMILES string of the molecule is COC(C)=O.C[C@H]1CC(N2CCCCC2)C[C@@H]1CO. The molecular formula is C15H29NO3. The van der Waals surface area contributed by atoms with Crippen LogP contribution in [0.5, 0.6) is 0 Å². The number of hydrogen-bond donors (Lipinski definition) is 1. The lowest BCUT2D eigenvalue weighted by atomic mass is 10.00. The first kappa shape index (κ1) is 16.4. The second-order valence-corrected chi connectivity index (χ2v) is 5.84. The third-order valence-corrected chi connectivity index (χ3v) is 4.45. The third kappa shape index (κ3) is 5.49. The first-order valence-corrected chi connectivity index (χ1v) is 7.48. The minimum atomic E-state index is -0.245. The summed E-state index contributed by atoms with van der Waals surface area (Å²) in [6.07, 6.45) is 6.73. The highest BCUT2D eigenvalue weighted by Crippen LogP contribution is 2.35. The van der Waals surface area contributed by atoms with E-state index in [9.17, 15) is 9.90 Å². The number of esters is 1. The molecule has 2 fully saturated rings. The van der Waals surface area contributed by atoms with E-state index in [-0.39, 0.29) is 5.97 Å². The molecule has 2 rings (SSSR count). The quantitative estimate of drug-likeness (QED) is 0.781. The molecule has 1 saturated heterocycles. The standard InChI is InChI=1S/C12H23NO.C3H6O2/c1-10-7-12(8-11(10)9-14)13-5-3-2-4-6-13;1-3(4)5-2/h10-12,14H,2-9H2,1H3;1-2H3/t10-,11+,12?;/m0./s1. The molecule has 1 heterocycles. The fourth-order valence-corrected chi connectivity index (χ4v) is 3.14. The molecule has 0 amide bonds. The molecule has 0 spiro atoms. The fraction of sp³-hybridized carbons (Fsp3) is 0.933. The van der Waals surface area contributed by atoms with Crippen LogP contribution in [-0.2, 0) is 9.53 Å². The van der Waals surface area contributed by atoms with E-state index in [1.54, 1.807) is 0 Å². The molecule has 1 saturated carbocycles. The zero-order chi connectivity index (χ0) is 14.3. The van der Waals surface area contributed by atoms with E-state index < -0.39 is 0 Å². The number of methoxy groups -OCH3 is 1. The summed E-state index contributed by atoms with van der Waals surface area (Å²) >= 11 is 0. The normalized spacial score (nSPS) is 31.5. The molecule has 4 nitrogen and oxygen atoms in total. The highest BCUT2D eigenvalue weighted by molar-refractivity contribution is 5.65. The summed E-state index contributed by atoms with van der Waals surface area (Å²) in [5, 5.41) is 9.23. The van der Waals surface area contributed by atoms with Crippen molar-refractivity contribution >= 4 is 5.97 Å². The van der Waals surface area contributed by atoms with E-state index in [0.29, 0.717) is 12.5 Å². The Balaban J connectivity index is 0.000000312. The van der Waals surface area contributed by atoms with Crippen LogP contribution < -0.4 is 0 Å². The van der Waals surface area contributed by atoms with Crippen LogP contribution in [0.2, 0.25) is 0 Å². The molecule has 0 aromatic heterocycles. The average Bonchev–Trinajstić information content (AvgIpc) is 2.81. The van der Waals surface area contributed by atoms with Gasteiger partial charge in [-0.15, -0.1) is 0 Å². The van der Waals surface area contributed by atoms with Gasteiger partial charge in [0.1, 0.15) is 0 Å². The second kappa shape index (κ2) is 8.54. The van der Waals surface area contributed by atoms with Gasteiger partial charge in [0, 0.05) is 19.6 Å². The van der Waals surface area contributed by atoms with Gasteiger partial charge in [-0.1, -0.05) is 13.3 Å². The molecule has 0 aromatic rings. The fourth-order valence-electron chi connectivity index (χ4n) is 3.14. The predicted octanol–water partition coefficient (Wildman–Crippen LogP) is 2.06. The maximum atomic E-state index is 9.59. The highest BCUT2D eigenvalue weighted by Gasteiger charge is 2.34. The number of piperidine rings is 1. The van der Waals surface area contributed by atoms with E-state index in [2.05, 4.69) is 16.6 Å².